The normalized spacial score (nSPS) is 18.2. The van der Waals surface area contributed by atoms with Gasteiger partial charge in [-0.05, 0) is 44.9 Å². The predicted octanol–water partition coefficient (Wildman–Crippen LogP) is 2.85. The van der Waals surface area contributed by atoms with Gasteiger partial charge in [-0.2, -0.15) is 10.2 Å². The average molecular weight is 323 g/mol. The Labute approximate surface area is 140 Å². The number of likely N-dealkylation sites (tertiary alicyclic amines) is 1. The van der Waals surface area contributed by atoms with Gasteiger partial charge in [-0.1, -0.05) is 6.07 Å². The van der Waals surface area contributed by atoms with Crippen LogP contribution >= 0.6 is 0 Å². The SMILES string of the molecule is Cc1cc(C)n([C@H]2CCCN(C(=O)c3cccc4[nH]ncc34)C2)n1. The van der Waals surface area contributed by atoms with Crippen molar-refractivity contribution < 1.29 is 4.79 Å². The summed E-state index contributed by atoms with van der Waals surface area (Å²) in [5.41, 5.74) is 3.80. The van der Waals surface area contributed by atoms with E-state index in [9.17, 15) is 4.79 Å². The van der Waals surface area contributed by atoms with Gasteiger partial charge in [0.1, 0.15) is 0 Å². The first-order chi connectivity index (χ1) is 11.6. The molecule has 3 heterocycles. The monoisotopic (exact) mass is 323 g/mol. The van der Waals surface area contributed by atoms with Crippen LogP contribution in [-0.2, 0) is 0 Å². The average Bonchev–Trinajstić information content (AvgIpc) is 3.20. The number of rotatable bonds is 2. The fourth-order valence-corrected chi connectivity index (χ4v) is 3.68. The number of nitrogens with one attached hydrogen (secondary N) is 1. The third kappa shape index (κ3) is 2.48. The summed E-state index contributed by atoms with van der Waals surface area (Å²) in [6, 6.07) is 8.06. The molecule has 0 bridgehead atoms. The van der Waals surface area contributed by atoms with Gasteiger partial charge in [0.05, 0.1) is 29.0 Å². The zero-order valence-electron chi connectivity index (χ0n) is 14.0. The van der Waals surface area contributed by atoms with Gasteiger partial charge in [0, 0.05) is 24.2 Å². The maximum absolute atomic E-state index is 13.0. The molecular formula is C18H21N5O. The van der Waals surface area contributed by atoms with Gasteiger partial charge in [-0.15, -0.1) is 0 Å². The second kappa shape index (κ2) is 5.78. The predicted molar refractivity (Wildman–Crippen MR) is 92.0 cm³/mol. The molecule has 0 unspecified atom stereocenters. The van der Waals surface area contributed by atoms with Crippen LogP contribution in [0, 0.1) is 13.8 Å². The first-order valence-electron chi connectivity index (χ1n) is 8.37. The molecule has 124 valence electrons. The second-order valence-corrected chi connectivity index (χ2v) is 6.56. The van der Waals surface area contributed by atoms with E-state index in [0.29, 0.717) is 6.54 Å². The Morgan fingerprint density at radius 1 is 1.33 bits per heavy atom. The molecule has 3 aromatic rings. The Hall–Kier alpha value is -2.63. The number of hydrogen-bond acceptors (Lipinski definition) is 3. The largest absolute Gasteiger partial charge is 0.336 e. The fraction of sp³-hybridized carbons (Fsp3) is 0.389. The highest BCUT2D eigenvalue weighted by atomic mass is 16.2. The highest BCUT2D eigenvalue weighted by Crippen LogP contribution is 2.26. The first kappa shape index (κ1) is 14.9. The lowest BCUT2D eigenvalue weighted by Gasteiger charge is -2.33. The van der Waals surface area contributed by atoms with E-state index >= 15 is 0 Å². The van der Waals surface area contributed by atoms with Crippen molar-refractivity contribution in [3.63, 3.8) is 0 Å². The number of amides is 1. The molecule has 1 atom stereocenters. The summed E-state index contributed by atoms with van der Waals surface area (Å²) < 4.78 is 2.08. The molecule has 4 rings (SSSR count). The highest BCUT2D eigenvalue weighted by Gasteiger charge is 2.27. The number of H-pyrrole nitrogens is 1. The van der Waals surface area contributed by atoms with Crippen LogP contribution in [0.25, 0.3) is 10.9 Å². The molecule has 1 saturated heterocycles. The lowest BCUT2D eigenvalue weighted by atomic mass is 10.0. The lowest BCUT2D eigenvalue weighted by molar-refractivity contribution is 0.0673. The molecule has 1 N–H and O–H groups in total. The van der Waals surface area contributed by atoms with Crippen molar-refractivity contribution >= 4 is 16.8 Å². The van der Waals surface area contributed by atoms with E-state index in [1.807, 2.05) is 30.0 Å². The van der Waals surface area contributed by atoms with E-state index in [0.717, 1.165) is 47.2 Å². The van der Waals surface area contributed by atoms with Crippen LogP contribution < -0.4 is 0 Å². The first-order valence-corrected chi connectivity index (χ1v) is 8.37. The fourth-order valence-electron chi connectivity index (χ4n) is 3.68. The summed E-state index contributed by atoms with van der Waals surface area (Å²) in [7, 11) is 0. The van der Waals surface area contributed by atoms with Crippen LogP contribution in [0.4, 0.5) is 0 Å². The number of carbonyl (C=O) groups excluding carboxylic acids is 1. The van der Waals surface area contributed by atoms with Crippen LogP contribution in [0.2, 0.25) is 0 Å². The van der Waals surface area contributed by atoms with Crippen molar-refractivity contribution in [2.24, 2.45) is 0 Å². The Kier molecular flexibility index (Phi) is 3.59. The van der Waals surface area contributed by atoms with Crippen molar-refractivity contribution in [1.29, 1.82) is 0 Å². The zero-order valence-corrected chi connectivity index (χ0v) is 14.0. The van der Waals surface area contributed by atoms with Gasteiger partial charge in [-0.3, -0.25) is 14.6 Å². The minimum absolute atomic E-state index is 0.0771. The minimum Gasteiger partial charge on any atom is -0.336 e. The van der Waals surface area contributed by atoms with Crippen LogP contribution in [-0.4, -0.2) is 43.9 Å². The molecule has 0 saturated carbocycles. The molecule has 0 radical (unpaired) electrons. The molecule has 1 amide bonds. The summed E-state index contributed by atoms with van der Waals surface area (Å²) in [6.45, 7) is 5.58. The number of aromatic nitrogens is 4. The van der Waals surface area contributed by atoms with Gasteiger partial charge in [0.2, 0.25) is 0 Å². The highest BCUT2D eigenvalue weighted by molar-refractivity contribution is 6.06. The van der Waals surface area contributed by atoms with Gasteiger partial charge >= 0.3 is 0 Å². The van der Waals surface area contributed by atoms with Crippen LogP contribution in [0.15, 0.2) is 30.5 Å². The number of piperidine rings is 1. The number of aryl methyl sites for hydroxylation is 2. The summed E-state index contributed by atoms with van der Waals surface area (Å²) in [4.78, 5) is 15.0. The summed E-state index contributed by atoms with van der Waals surface area (Å²) in [5, 5.41) is 12.5. The number of fused-ring (bicyclic) bond motifs is 1. The van der Waals surface area contributed by atoms with Crippen molar-refractivity contribution in [2.45, 2.75) is 32.7 Å². The van der Waals surface area contributed by atoms with E-state index in [-0.39, 0.29) is 11.9 Å². The number of benzene rings is 1. The standard InChI is InChI=1S/C18H21N5O/c1-12-9-13(2)23(21-12)14-5-4-8-22(11-14)18(24)15-6-3-7-17-16(15)10-19-20-17/h3,6-7,9-10,14H,4-5,8,11H2,1-2H3,(H,19,20)/t14-/m0/s1. The quantitative estimate of drug-likeness (QED) is 0.788. The van der Waals surface area contributed by atoms with Crippen molar-refractivity contribution in [3.8, 4) is 0 Å². The van der Waals surface area contributed by atoms with Crippen LogP contribution in [0.3, 0.4) is 0 Å². The number of aromatic amines is 1. The van der Waals surface area contributed by atoms with Crippen LogP contribution in [0.5, 0.6) is 0 Å². The topological polar surface area (TPSA) is 66.8 Å². The number of carbonyl (C=O) groups is 1. The third-order valence-corrected chi connectivity index (χ3v) is 4.79. The molecular weight excluding hydrogens is 302 g/mol. The van der Waals surface area contributed by atoms with Gasteiger partial charge < -0.3 is 4.90 Å². The van der Waals surface area contributed by atoms with Crippen LogP contribution in [0.1, 0.15) is 40.6 Å². The maximum atomic E-state index is 13.0. The van der Waals surface area contributed by atoms with Gasteiger partial charge in [-0.25, -0.2) is 0 Å². The third-order valence-electron chi connectivity index (χ3n) is 4.79. The van der Waals surface area contributed by atoms with Crippen molar-refractivity contribution in [3.05, 3.63) is 47.4 Å². The molecule has 1 aromatic carbocycles. The molecule has 0 spiro atoms. The van der Waals surface area contributed by atoms with Crippen molar-refractivity contribution in [1.82, 2.24) is 24.9 Å². The number of hydrogen-bond donors (Lipinski definition) is 1. The molecule has 6 heteroatoms. The minimum atomic E-state index is 0.0771. The molecule has 6 nitrogen and oxygen atoms in total. The van der Waals surface area contributed by atoms with E-state index in [2.05, 4.69) is 33.0 Å². The lowest BCUT2D eigenvalue weighted by Crippen LogP contribution is -2.41. The summed E-state index contributed by atoms with van der Waals surface area (Å²) >= 11 is 0. The Morgan fingerprint density at radius 2 is 2.21 bits per heavy atom. The van der Waals surface area contributed by atoms with Gasteiger partial charge in [0.25, 0.3) is 5.91 Å². The second-order valence-electron chi connectivity index (χ2n) is 6.56. The van der Waals surface area contributed by atoms with E-state index in [1.54, 1.807) is 6.20 Å². The van der Waals surface area contributed by atoms with E-state index in [4.69, 9.17) is 0 Å². The Bertz CT molecular complexity index is 894. The smallest absolute Gasteiger partial charge is 0.254 e. The van der Waals surface area contributed by atoms with Crippen molar-refractivity contribution in [2.75, 3.05) is 13.1 Å². The Morgan fingerprint density at radius 3 is 3.00 bits per heavy atom. The molecule has 1 aliphatic rings. The van der Waals surface area contributed by atoms with E-state index in [1.165, 1.54) is 0 Å². The molecule has 1 fully saturated rings. The molecule has 1 aliphatic heterocycles. The number of nitrogens with zero attached hydrogens (tertiary/aromatic N) is 4. The zero-order chi connectivity index (χ0) is 16.7. The maximum Gasteiger partial charge on any atom is 0.254 e. The summed E-state index contributed by atoms with van der Waals surface area (Å²) in [6.07, 6.45) is 3.78. The Balaban J connectivity index is 1.61. The summed E-state index contributed by atoms with van der Waals surface area (Å²) in [5.74, 6) is 0.0771. The molecule has 24 heavy (non-hydrogen) atoms. The van der Waals surface area contributed by atoms with Gasteiger partial charge in [0.15, 0.2) is 0 Å². The van der Waals surface area contributed by atoms with E-state index < -0.39 is 0 Å². The molecule has 0 aliphatic carbocycles. The molecule has 2 aromatic heterocycles.